The van der Waals surface area contributed by atoms with Crippen LogP contribution in [0.25, 0.3) is 0 Å². The molecule has 3 unspecified atom stereocenters. The Balaban J connectivity index is 1.48. The van der Waals surface area contributed by atoms with Gasteiger partial charge in [-0.3, -0.25) is 14.6 Å². The van der Waals surface area contributed by atoms with E-state index in [1.54, 1.807) is 4.90 Å². The molecule has 0 aromatic carbocycles. The van der Waals surface area contributed by atoms with E-state index in [1.165, 1.54) is 0 Å². The molecule has 0 bridgehead atoms. The van der Waals surface area contributed by atoms with Crippen molar-refractivity contribution in [3.05, 3.63) is 0 Å². The maximum atomic E-state index is 13.1. The van der Waals surface area contributed by atoms with Crippen molar-refractivity contribution < 1.29 is 19.1 Å². The van der Waals surface area contributed by atoms with Crippen LogP contribution in [-0.4, -0.2) is 89.8 Å². The standard InChI is InChI=1S/C22H39N3O4/c1-16-13-23(14-17(2)28-16)15-18-8-11-24(12-9-18)20(26)19-7-6-10-25(19)21(27)29-22(3,4)5/h16-19H,6-15H2,1-5H3. The van der Waals surface area contributed by atoms with E-state index in [0.717, 1.165) is 58.4 Å². The molecule has 3 saturated heterocycles. The molecule has 7 nitrogen and oxygen atoms in total. The average Bonchev–Trinajstić information content (AvgIpc) is 3.09. The lowest BCUT2D eigenvalue weighted by Crippen LogP contribution is -2.52. The highest BCUT2D eigenvalue weighted by Crippen LogP contribution is 2.26. The minimum Gasteiger partial charge on any atom is -0.444 e. The molecule has 166 valence electrons. The third-order valence-electron chi connectivity index (χ3n) is 6.10. The zero-order chi connectivity index (χ0) is 21.2. The van der Waals surface area contributed by atoms with Crippen LogP contribution in [0.15, 0.2) is 0 Å². The Morgan fingerprint density at radius 2 is 1.62 bits per heavy atom. The summed E-state index contributed by atoms with van der Waals surface area (Å²) in [7, 11) is 0. The molecule has 3 rings (SSSR count). The van der Waals surface area contributed by atoms with Gasteiger partial charge in [-0.25, -0.2) is 4.79 Å². The highest BCUT2D eigenvalue weighted by Gasteiger charge is 2.39. The largest absolute Gasteiger partial charge is 0.444 e. The van der Waals surface area contributed by atoms with E-state index in [-0.39, 0.29) is 18.0 Å². The Morgan fingerprint density at radius 3 is 2.21 bits per heavy atom. The number of nitrogens with zero attached hydrogens (tertiary/aromatic N) is 3. The number of hydrogen-bond acceptors (Lipinski definition) is 5. The molecule has 0 saturated carbocycles. The fourth-order valence-corrected chi connectivity index (χ4v) is 4.91. The van der Waals surface area contributed by atoms with E-state index >= 15 is 0 Å². The van der Waals surface area contributed by atoms with Gasteiger partial charge in [-0.15, -0.1) is 0 Å². The van der Waals surface area contributed by atoms with Crippen molar-refractivity contribution in [2.75, 3.05) is 39.3 Å². The van der Waals surface area contributed by atoms with Gasteiger partial charge < -0.3 is 14.4 Å². The third kappa shape index (κ3) is 6.07. The Kier molecular flexibility index (Phi) is 7.10. The maximum absolute atomic E-state index is 13.1. The number of likely N-dealkylation sites (tertiary alicyclic amines) is 2. The van der Waals surface area contributed by atoms with Crippen LogP contribution in [-0.2, 0) is 14.3 Å². The van der Waals surface area contributed by atoms with Gasteiger partial charge in [0.05, 0.1) is 12.2 Å². The molecule has 0 N–H and O–H groups in total. The normalized spacial score (nSPS) is 29.9. The number of morpholine rings is 1. The van der Waals surface area contributed by atoms with Gasteiger partial charge in [-0.1, -0.05) is 0 Å². The van der Waals surface area contributed by atoms with Crippen LogP contribution in [0.4, 0.5) is 4.79 Å². The molecule has 3 atom stereocenters. The topological polar surface area (TPSA) is 62.3 Å². The number of amides is 2. The van der Waals surface area contributed by atoms with Crippen molar-refractivity contribution in [2.24, 2.45) is 5.92 Å². The van der Waals surface area contributed by atoms with Crippen molar-refractivity contribution in [1.29, 1.82) is 0 Å². The van der Waals surface area contributed by atoms with E-state index in [9.17, 15) is 9.59 Å². The first-order valence-corrected chi connectivity index (χ1v) is 11.3. The Bertz CT molecular complexity index is 573. The highest BCUT2D eigenvalue weighted by atomic mass is 16.6. The number of rotatable bonds is 3. The first-order chi connectivity index (χ1) is 13.6. The minimum atomic E-state index is -0.542. The van der Waals surface area contributed by atoms with Crippen molar-refractivity contribution in [2.45, 2.75) is 84.2 Å². The van der Waals surface area contributed by atoms with Crippen molar-refractivity contribution in [1.82, 2.24) is 14.7 Å². The van der Waals surface area contributed by atoms with E-state index in [2.05, 4.69) is 18.7 Å². The van der Waals surface area contributed by atoms with Gasteiger partial charge in [-0.2, -0.15) is 0 Å². The second-order valence-electron chi connectivity index (χ2n) is 10.1. The molecule has 3 aliphatic heterocycles. The summed E-state index contributed by atoms with van der Waals surface area (Å²) in [4.78, 5) is 31.7. The zero-order valence-electron chi connectivity index (χ0n) is 18.9. The van der Waals surface area contributed by atoms with Crippen LogP contribution in [0.2, 0.25) is 0 Å². The number of carbonyl (C=O) groups is 2. The molecule has 0 aromatic heterocycles. The monoisotopic (exact) mass is 409 g/mol. The fourth-order valence-electron chi connectivity index (χ4n) is 4.91. The van der Waals surface area contributed by atoms with Crippen molar-refractivity contribution in [3.8, 4) is 0 Å². The zero-order valence-corrected chi connectivity index (χ0v) is 18.9. The Morgan fingerprint density at radius 1 is 1.00 bits per heavy atom. The number of piperidine rings is 1. The molecule has 0 spiro atoms. The first-order valence-electron chi connectivity index (χ1n) is 11.3. The molecule has 0 aliphatic carbocycles. The number of carbonyl (C=O) groups excluding carboxylic acids is 2. The summed E-state index contributed by atoms with van der Waals surface area (Å²) >= 11 is 0. The molecular weight excluding hydrogens is 370 g/mol. The Labute approximate surface area is 175 Å². The van der Waals surface area contributed by atoms with Crippen LogP contribution < -0.4 is 0 Å². The minimum absolute atomic E-state index is 0.0976. The molecular formula is C22H39N3O4. The summed E-state index contributed by atoms with van der Waals surface area (Å²) in [5, 5.41) is 0. The van der Waals surface area contributed by atoms with E-state index in [1.807, 2.05) is 25.7 Å². The maximum Gasteiger partial charge on any atom is 0.410 e. The lowest BCUT2D eigenvalue weighted by Gasteiger charge is -2.40. The molecule has 7 heteroatoms. The van der Waals surface area contributed by atoms with E-state index in [0.29, 0.717) is 24.7 Å². The van der Waals surface area contributed by atoms with Gasteiger partial charge in [-0.05, 0) is 66.2 Å². The SMILES string of the molecule is CC1CN(CC2CCN(C(=O)C3CCCN3C(=O)OC(C)(C)C)CC2)CC(C)O1. The predicted molar refractivity (Wildman–Crippen MR) is 112 cm³/mol. The quantitative estimate of drug-likeness (QED) is 0.717. The van der Waals surface area contributed by atoms with Crippen LogP contribution in [0.5, 0.6) is 0 Å². The molecule has 3 aliphatic rings. The van der Waals surface area contributed by atoms with Gasteiger partial charge >= 0.3 is 6.09 Å². The van der Waals surface area contributed by atoms with Crippen molar-refractivity contribution >= 4 is 12.0 Å². The molecule has 29 heavy (non-hydrogen) atoms. The van der Waals surface area contributed by atoms with E-state index in [4.69, 9.17) is 9.47 Å². The highest BCUT2D eigenvalue weighted by molar-refractivity contribution is 5.86. The number of ether oxygens (including phenoxy) is 2. The molecule has 0 aromatic rings. The lowest BCUT2D eigenvalue weighted by atomic mass is 9.95. The summed E-state index contributed by atoms with van der Waals surface area (Å²) in [6.45, 7) is 15.1. The van der Waals surface area contributed by atoms with Crippen LogP contribution in [0.3, 0.4) is 0 Å². The van der Waals surface area contributed by atoms with Gasteiger partial charge in [0.15, 0.2) is 0 Å². The van der Waals surface area contributed by atoms with E-state index < -0.39 is 5.60 Å². The van der Waals surface area contributed by atoms with Gasteiger partial charge in [0.25, 0.3) is 0 Å². The molecule has 3 fully saturated rings. The molecule has 0 radical (unpaired) electrons. The smallest absolute Gasteiger partial charge is 0.410 e. The average molecular weight is 410 g/mol. The predicted octanol–water partition coefficient (Wildman–Crippen LogP) is 2.73. The Hall–Kier alpha value is -1.34. The number of hydrogen-bond donors (Lipinski definition) is 0. The molecule has 2 amide bonds. The summed E-state index contributed by atoms with van der Waals surface area (Å²) in [6.07, 6.45) is 3.89. The summed E-state index contributed by atoms with van der Waals surface area (Å²) in [5.74, 6) is 0.725. The third-order valence-corrected chi connectivity index (χ3v) is 6.10. The fraction of sp³-hybridized carbons (Fsp3) is 0.909. The first kappa shape index (κ1) is 22.3. The lowest BCUT2D eigenvalue weighted by molar-refractivity contribution is -0.137. The second kappa shape index (κ2) is 9.21. The summed E-state index contributed by atoms with van der Waals surface area (Å²) < 4.78 is 11.3. The van der Waals surface area contributed by atoms with Crippen LogP contribution in [0.1, 0.15) is 60.3 Å². The second-order valence-corrected chi connectivity index (χ2v) is 10.1. The van der Waals surface area contributed by atoms with Gasteiger partial charge in [0.2, 0.25) is 5.91 Å². The van der Waals surface area contributed by atoms with Crippen LogP contribution in [0, 0.1) is 5.92 Å². The van der Waals surface area contributed by atoms with Gasteiger partial charge in [0.1, 0.15) is 11.6 Å². The molecule has 3 heterocycles. The summed E-state index contributed by atoms with van der Waals surface area (Å²) in [6, 6.07) is -0.359. The van der Waals surface area contributed by atoms with Gasteiger partial charge in [0, 0.05) is 39.3 Å². The summed E-state index contributed by atoms with van der Waals surface area (Å²) in [5.41, 5.74) is -0.542. The van der Waals surface area contributed by atoms with Crippen molar-refractivity contribution in [3.63, 3.8) is 0 Å². The van der Waals surface area contributed by atoms with Crippen LogP contribution >= 0.6 is 0 Å².